The largest absolute Gasteiger partial charge is 0.481 e. The van der Waals surface area contributed by atoms with Crippen molar-refractivity contribution in [1.29, 1.82) is 5.26 Å². The van der Waals surface area contributed by atoms with Gasteiger partial charge in [-0.25, -0.2) is 0 Å². The van der Waals surface area contributed by atoms with Crippen molar-refractivity contribution < 1.29 is 14.6 Å². The van der Waals surface area contributed by atoms with Gasteiger partial charge in [0.25, 0.3) is 0 Å². The summed E-state index contributed by atoms with van der Waals surface area (Å²) in [6, 6.07) is 2.23. The van der Waals surface area contributed by atoms with E-state index in [9.17, 15) is 4.79 Å². The average Bonchev–Trinajstić information content (AvgIpc) is 2.77. The first-order valence-corrected chi connectivity index (χ1v) is 6.29. The lowest BCUT2D eigenvalue weighted by molar-refractivity contribution is -0.143. The first kappa shape index (κ1) is 14.9. The Morgan fingerprint density at radius 2 is 2.22 bits per heavy atom. The minimum Gasteiger partial charge on any atom is -0.481 e. The van der Waals surface area contributed by atoms with Crippen LogP contribution in [-0.4, -0.2) is 48.8 Å². The van der Waals surface area contributed by atoms with Crippen LogP contribution in [0.15, 0.2) is 0 Å². The van der Waals surface area contributed by atoms with Gasteiger partial charge >= 0.3 is 5.97 Å². The van der Waals surface area contributed by atoms with E-state index in [1.54, 1.807) is 0 Å². The van der Waals surface area contributed by atoms with Gasteiger partial charge in [0.15, 0.2) is 0 Å². The molecule has 18 heavy (non-hydrogen) atoms. The number of rotatable bonds is 6. The third-order valence-electron chi connectivity index (χ3n) is 3.55. The molecule has 0 aromatic carbocycles. The monoisotopic (exact) mass is 254 g/mol. The van der Waals surface area contributed by atoms with E-state index in [2.05, 4.69) is 6.07 Å². The van der Waals surface area contributed by atoms with Crippen molar-refractivity contribution in [2.75, 3.05) is 26.8 Å². The average molecular weight is 254 g/mol. The Labute approximate surface area is 108 Å². The molecule has 0 aromatic heterocycles. The van der Waals surface area contributed by atoms with Crippen LogP contribution in [0.4, 0.5) is 0 Å². The number of ether oxygens (including phenoxy) is 1. The van der Waals surface area contributed by atoms with Gasteiger partial charge in [0.05, 0.1) is 30.6 Å². The second-order valence-electron chi connectivity index (χ2n) is 5.63. The summed E-state index contributed by atoms with van der Waals surface area (Å²) in [5.41, 5.74) is -0.306. The van der Waals surface area contributed by atoms with Crippen molar-refractivity contribution in [3.63, 3.8) is 0 Å². The molecule has 0 radical (unpaired) electrons. The molecule has 5 heteroatoms. The van der Waals surface area contributed by atoms with E-state index in [1.807, 2.05) is 25.8 Å². The first-order chi connectivity index (χ1) is 8.37. The molecule has 1 aliphatic heterocycles. The molecule has 1 aliphatic rings. The molecule has 2 unspecified atom stereocenters. The predicted molar refractivity (Wildman–Crippen MR) is 67.0 cm³/mol. The Kier molecular flexibility index (Phi) is 5.12. The van der Waals surface area contributed by atoms with E-state index in [4.69, 9.17) is 15.1 Å². The standard InChI is InChI=1S/C13H22N2O3/c1-13(2,9-14)5-4-6-15(3)11-8-18-7-10(11)12(16)17/h10-11H,4-8H2,1-3H3,(H,16,17). The summed E-state index contributed by atoms with van der Waals surface area (Å²) < 4.78 is 5.25. The van der Waals surface area contributed by atoms with Crippen molar-refractivity contribution in [2.45, 2.75) is 32.7 Å². The van der Waals surface area contributed by atoms with E-state index >= 15 is 0 Å². The highest BCUT2D eigenvalue weighted by molar-refractivity contribution is 5.71. The van der Waals surface area contributed by atoms with Crippen molar-refractivity contribution in [2.24, 2.45) is 11.3 Å². The third-order valence-corrected chi connectivity index (χ3v) is 3.55. The molecule has 0 aromatic rings. The van der Waals surface area contributed by atoms with Crippen LogP contribution >= 0.6 is 0 Å². The van der Waals surface area contributed by atoms with Gasteiger partial charge in [0.1, 0.15) is 0 Å². The zero-order valence-corrected chi connectivity index (χ0v) is 11.3. The highest BCUT2D eigenvalue weighted by atomic mass is 16.5. The van der Waals surface area contributed by atoms with Crippen LogP contribution in [-0.2, 0) is 9.53 Å². The predicted octanol–water partition coefficient (Wildman–Crippen LogP) is 1.35. The van der Waals surface area contributed by atoms with Crippen molar-refractivity contribution in [1.82, 2.24) is 4.90 Å². The Morgan fingerprint density at radius 3 is 2.78 bits per heavy atom. The van der Waals surface area contributed by atoms with E-state index in [-0.39, 0.29) is 11.5 Å². The summed E-state index contributed by atoms with van der Waals surface area (Å²) in [5.74, 6) is -1.22. The Bertz CT molecular complexity index is 336. The van der Waals surface area contributed by atoms with Crippen LogP contribution in [0.5, 0.6) is 0 Å². The van der Waals surface area contributed by atoms with E-state index in [1.165, 1.54) is 0 Å². The Balaban J connectivity index is 2.39. The van der Waals surface area contributed by atoms with Gasteiger partial charge in [-0.15, -0.1) is 0 Å². The van der Waals surface area contributed by atoms with Gasteiger partial charge < -0.3 is 14.7 Å². The third kappa shape index (κ3) is 3.97. The lowest BCUT2D eigenvalue weighted by Gasteiger charge is -2.27. The molecule has 1 rings (SSSR count). The summed E-state index contributed by atoms with van der Waals surface area (Å²) in [5, 5.41) is 18.0. The molecular formula is C13H22N2O3. The molecule has 0 saturated carbocycles. The number of aliphatic carboxylic acids is 1. The number of likely N-dealkylation sites (N-methyl/N-ethyl adjacent to an activating group) is 1. The smallest absolute Gasteiger partial charge is 0.310 e. The number of hydrogen-bond acceptors (Lipinski definition) is 4. The fourth-order valence-electron chi connectivity index (χ4n) is 2.21. The molecule has 0 aliphatic carbocycles. The van der Waals surface area contributed by atoms with Crippen LogP contribution in [0, 0.1) is 22.7 Å². The molecule has 2 atom stereocenters. The molecule has 5 nitrogen and oxygen atoms in total. The number of carboxylic acids is 1. The van der Waals surface area contributed by atoms with Crippen LogP contribution in [0.2, 0.25) is 0 Å². The van der Waals surface area contributed by atoms with Crippen molar-refractivity contribution in [3.05, 3.63) is 0 Å². The number of hydrogen-bond donors (Lipinski definition) is 1. The fourth-order valence-corrected chi connectivity index (χ4v) is 2.21. The quantitative estimate of drug-likeness (QED) is 0.774. The minimum absolute atomic E-state index is 0.0484. The molecule has 1 fully saturated rings. The van der Waals surface area contributed by atoms with Gasteiger partial charge in [0, 0.05) is 6.04 Å². The van der Waals surface area contributed by atoms with E-state index < -0.39 is 11.9 Å². The Hall–Kier alpha value is -1.12. The minimum atomic E-state index is -0.790. The van der Waals surface area contributed by atoms with Crippen LogP contribution in [0.3, 0.4) is 0 Å². The van der Waals surface area contributed by atoms with Gasteiger partial charge in [-0.3, -0.25) is 4.79 Å². The van der Waals surface area contributed by atoms with Crippen LogP contribution in [0.1, 0.15) is 26.7 Å². The maximum atomic E-state index is 11.0. The van der Waals surface area contributed by atoms with Crippen molar-refractivity contribution >= 4 is 5.97 Å². The maximum absolute atomic E-state index is 11.0. The van der Waals surface area contributed by atoms with Crippen LogP contribution in [0.25, 0.3) is 0 Å². The summed E-state index contributed by atoms with van der Waals surface area (Å²) in [7, 11) is 1.93. The lowest BCUT2D eigenvalue weighted by atomic mass is 9.89. The van der Waals surface area contributed by atoms with Gasteiger partial charge in [-0.1, -0.05) is 0 Å². The highest BCUT2D eigenvalue weighted by Gasteiger charge is 2.36. The van der Waals surface area contributed by atoms with Gasteiger partial charge in [0.2, 0.25) is 0 Å². The molecule has 1 heterocycles. The summed E-state index contributed by atoms with van der Waals surface area (Å²) in [6.45, 7) is 5.42. The second-order valence-corrected chi connectivity index (χ2v) is 5.63. The second kappa shape index (κ2) is 6.17. The first-order valence-electron chi connectivity index (χ1n) is 6.29. The Morgan fingerprint density at radius 1 is 1.56 bits per heavy atom. The molecular weight excluding hydrogens is 232 g/mol. The SMILES string of the molecule is CN(CCCC(C)(C)C#N)C1COCC1C(=O)O. The number of carboxylic acid groups (broad SMARTS) is 1. The zero-order valence-electron chi connectivity index (χ0n) is 11.3. The van der Waals surface area contributed by atoms with Gasteiger partial charge in [-0.2, -0.15) is 5.26 Å². The zero-order chi connectivity index (χ0) is 13.8. The summed E-state index contributed by atoms with van der Waals surface area (Å²) in [6.07, 6.45) is 1.71. The van der Waals surface area contributed by atoms with Crippen molar-refractivity contribution in [3.8, 4) is 6.07 Å². The van der Waals surface area contributed by atoms with Crippen LogP contribution < -0.4 is 0 Å². The molecule has 102 valence electrons. The topological polar surface area (TPSA) is 73.6 Å². The lowest BCUT2D eigenvalue weighted by Crippen LogP contribution is -2.41. The van der Waals surface area contributed by atoms with E-state index in [0.29, 0.717) is 13.2 Å². The highest BCUT2D eigenvalue weighted by Crippen LogP contribution is 2.23. The number of nitriles is 1. The molecule has 0 spiro atoms. The molecule has 0 amide bonds. The summed E-state index contributed by atoms with van der Waals surface area (Å²) in [4.78, 5) is 13.1. The number of carbonyl (C=O) groups is 1. The maximum Gasteiger partial charge on any atom is 0.310 e. The van der Waals surface area contributed by atoms with E-state index in [0.717, 1.165) is 19.4 Å². The fraction of sp³-hybridized carbons (Fsp3) is 0.846. The molecule has 1 saturated heterocycles. The van der Waals surface area contributed by atoms with Gasteiger partial charge in [-0.05, 0) is 40.3 Å². The summed E-state index contributed by atoms with van der Waals surface area (Å²) >= 11 is 0. The normalized spacial score (nSPS) is 24.2. The molecule has 0 bridgehead atoms. The molecule has 1 N–H and O–H groups in total. The number of nitrogens with zero attached hydrogens (tertiary/aromatic N) is 2.